The van der Waals surface area contributed by atoms with Crippen LogP contribution in [0.25, 0.3) is 88.0 Å². The van der Waals surface area contributed by atoms with Crippen LogP contribution >= 0.6 is 0 Å². The minimum Gasteiger partial charge on any atom is -0.456 e. The summed E-state index contributed by atoms with van der Waals surface area (Å²) in [6.45, 7) is 0. The highest BCUT2D eigenvalue weighted by atomic mass is 16.3. The number of hydrogen-bond donors (Lipinski definition) is 0. The fourth-order valence-electron chi connectivity index (χ4n) is 7.04. The first-order chi connectivity index (χ1) is 22.3. The largest absolute Gasteiger partial charge is 0.456 e. The molecule has 45 heavy (non-hydrogen) atoms. The van der Waals surface area contributed by atoms with Crippen molar-refractivity contribution >= 4 is 43.5 Å². The molecular formula is C44H28O. The Balaban J connectivity index is 1.48. The van der Waals surface area contributed by atoms with Crippen molar-refractivity contribution in [1.29, 1.82) is 0 Å². The van der Waals surface area contributed by atoms with E-state index in [1.54, 1.807) is 0 Å². The lowest BCUT2D eigenvalue weighted by atomic mass is 9.83. The van der Waals surface area contributed by atoms with Crippen molar-refractivity contribution in [2.75, 3.05) is 0 Å². The predicted octanol–water partition coefficient (Wildman–Crippen LogP) is 12.6. The van der Waals surface area contributed by atoms with Gasteiger partial charge in [-0.1, -0.05) is 146 Å². The summed E-state index contributed by atoms with van der Waals surface area (Å²) in [5.74, 6) is 0. The van der Waals surface area contributed by atoms with Gasteiger partial charge in [0.15, 0.2) is 0 Å². The first-order valence-corrected chi connectivity index (χ1v) is 15.4. The van der Waals surface area contributed by atoms with Crippen molar-refractivity contribution in [3.8, 4) is 44.5 Å². The average Bonchev–Trinajstić information content (AvgIpc) is 3.50. The minimum absolute atomic E-state index is 0.901. The van der Waals surface area contributed by atoms with Crippen molar-refractivity contribution in [2.24, 2.45) is 0 Å². The van der Waals surface area contributed by atoms with Gasteiger partial charge < -0.3 is 4.42 Å². The van der Waals surface area contributed by atoms with E-state index in [2.05, 4.69) is 164 Å². The Morgan fingerprint density at radius 3 is 1.51 bits per heavy atom. The van der Waals surface area contributed by atoms with Crippen LogP contribution in [-0.2, 0) is 0 Å². The molecular weight excluding hydrogens is 544 g/mol. The highest BCUT2D eigenvalue weighted by Crippen LogP contribution is 2.48. The van der Waals surface area contributed by atoms with Crippen LogP contribution in [0.15, 0.2) is 174 Å². The monoisotopic (exact) mass is 572 g/mol. The van der Waals surface area contributed by atoms with Crippen molar-refractivity contribution in [1.82, 2.24) is 0 Å². The maximum atomic E-state index is 6.57. The van der Waals surface area contributed by atoms with Crippen LogP contribution in [0.1, 0.15) is 0 Å². The number of rotatable bonds is 4. The zero-order valence-electron chi connectivity index (χ0n) is 24.6. The van der Waals surface area contributed by atoms with E-state index in [4.69, 9.17) is 4.42 Å². The molecule has 1 heteroatoms. The molecule has 0 bridgehead atoms. The van der Waals surface area contributed by atoms with Crippen LogP contribution in [0.4, 0.5) is 0 Å². The molecule has 0 amide bonds. The third-order valence-electron chi connectivity index (χ3n) is 9.05. The molecule has 0 aliphatic carbocycles. The Morgan fingerprint density at radius 2 is 0.822 bits per heavy atom. The highest BCUT2D eigenvalue weighted by molar-refractivity contribution is 6.26. The summed E-state index contributed by atoms with van der Waals surface area (Å²) in [5, 5.41) is 7.21. The third-order valence-corrected chi connectivity index (χ3v) is 9.05. The summed E-state index contributed by atoms with van der Waals surface area (Å²) in [6.07, 6.45) is 0. The molecule has 0 saturated carbocycles. The van der Waals surface area contributed by atoms with Crippen LogP contribution < -0.4 is 0 Å². The average molecular weight is 573 g/mol. The van der Waals surface area contributed by atoms with Gasteiger partial charge in [0.1, 0.15) is 11.2 Å². The van der Waals surface area contributed by atoms with Crippen molar-refractivity contribution in [2.45, 2.75) is 0 Å². The van der Waals surface area contributed by atoms with Crippen molar-refractivity contribution in [3.63, 3.8) is 0 Å². The summed E-state index contributed by atoms with van der Waals surface area (Å²) < 4.78 is 6.57. The molecule has 9 rings (SSSR count). The van der Waals surface area contributed by atoms with Gasteiger partial charge in [0.25, 0.3) is 0 Å². The van der Waals surface area contributed by atoms with Crippen LogP contribution in [0.2, 0.25) is 0 Å². The van der Waals surface area contributed by atoms with Gasteiger partial charge in [-0.25, -0.2) is 0 Å². The summed E-state index contributed by atoms with van der Waals surface area (Å²) in [6, 6.07) is 61.0. The third kappa shape index (κ3) is 4.17. The molecule has 0 aliphatic rings. The maximum Gasteiger partial charge on any atom is 0.136 e. The standard InChI is InChI=1S/C44H28O/c1-4-14-29(15-5-1)32-24-25-36-38(26-32)42(31-18-8-3-9-19-31)34-20-10-11-21-35(34)43(36)39-27-33(30-16-6-2-7-17-30)28-41-44(39)37-22-12-13-23-40(37)45-41/h1-28H. The fraction of sp³-hybridized carbons (Fsp3) is 0. The number of para-hydroxylation sites is 1. The number of benzene rings is 8. The molecule has 0 N–H and O–H groups in total. The first-order valence-electron chi connectivity index (χ1n) is 15.4. The Morgan fingerprint density at radius 1 is 0.289 bits per heavy atom. The van der Waals surface area contributed by atoms with Crippen LogP contribution in [0, 0.1) is 0 Å². The molecule has 1 aromatic heterocycles. The molecule has 1 nitrogen and oxygen atoms in total. The van der Waals surface area contributed by atoms with Crippen molar-refractivity contribution < 1.29 is 4.42 Å². The normalized spacial score (nSPS) is 11.6. The Kier molecular flexibility index (Phi) is 5.89. The van der Waals surface area contributed by atoms with Gasteiger partial charge in [-0.15, -0.1) is 0 Å². The van der Waals surface area contributed by atoms with E-state index < -0.39 is 0 Å². The van der Waals surface area contributed by atoms with Gasteiger partial charge in [-0.3, -0.25) is 0 Å². The van der Waals surface area contributed by atoms with Gasteiger partial charge in [0, 0.05) is 10.8 Å². The maximum absolute atomic E-state index is 6.57. The first kappa shape index (κ1) is 25.6. The van der Waals surface area contributed by atoms with Gasteiger partial charge in [-0.05, 0) is 90.3 Å². The molecule has 0 saturated heterocycles. The molecule has 0 fully saturated rings. The smallest absolute Gasteiger partial charge is 0.136 e. The second-order valence-corrected chi connectivity index (χ2v) is 11.6. The summed E-state index contributed by atoms with van der Waals surface area (Å²) >= 11 is 0. The molecule has 0 atom stereocenters. The van der Waals surface area contributed by atoms with E-state index in [0.29, 0.717) is 0 Å². The van der Waals surface area contributed by atoms with Gasteiger partial charge in [0.05, 0.1) is 0 Å². The van der Waals surface area contributed by atoms with Gasteiger partial charge in [-0.2, -0.15) is 0 Å². The van der Waals surface area contributed by atoms with E-state index >= 15 is 0 Å². The van der Waals surface area contributed by atoms with E-state index in [-0.39, 0.29) is 0 Å². The number of fused-ring (bicyclic) bond motifs is 5. The zero-order chi connectivity index (χ0) is 29.7. The summed E-state index contributed by atoms with van der Waals surface area (Å²) in [7, 11) is 0. The zero-order valence-corrected chi connectivity index (χ0v) is 24.6. The van der Waals surface area contributed by atoms with E-state index in [1.807, 2.05) is 6.07 Å². The Bertz CT molecular complexity index is 2510. The molecule has 0 aliphatic heterocycles. The Hall–Kier alpha value is -5.92. The van der Waals surface area contributed by atoms with E-state index in [1.165, 1.54) is 60.5 Å². The second-order valence-electron chi connectivity index (χ2n) is 11.6. The predicted molar refractivity (Wildman–Crippen MR) is 190 cm³/mol. The Labute approximate surface area is 261 Å². The molecule has 0 unspecified atom stereocenters. The van der Waals surface area contributed by atoms with Gasteiger partial charge >= 0.3 is 0 Å². The molecule has 1 heterocycles. The highest BCUT2D eigenvalue weighted by Gasteiger charge is 2.22. The minimum atomic E-state index is 0.901. The lowest BCUT2D eigenvalue weighted by molar-refractivity contribution is 0.669. The lowest BCUT2D eigenvalue weighted by Gasteiger charge is -2.20. The summed E-state index contributed by atoms with van der Waals surface area (Å²) in [5.41, 5.74) is 11.4. The number of furan rings is 1. The number of hydrogen-bond acceptors (Lipinski definition) is 1. The SMILES string of the molecule is c1ccc(-c2cc(-c3c4ccccc4c(-c4ccccc4)c4cc(-c5ccccc5)ccc34)c3c(c2)oc2ccccc23)cc1. The van der Waals surface area contributed by atoms with E-state index in [0.717, 1.165) is 27.5 Å². The molecule has 0 spiro atoms. The quantitative estimate of drug-likeness (QED) is 0.191. The molecule has 0 radical (unpaired) electrons. The van der Waals surface area contributed by atoms with Gasteiger partial charge in [0.2, 0.25) is 0 Å². The summed E-state index contributed by atoms with van der Waals surface area (Å²) in [4.78, 5) is 0. The van der Waals surface area contributed by atoms with Crippen LogP contribution in [0.3, 0.4) is 0 Å². The topological polar surface area (TPSA) is 13.1 Å². The fourth-order valence-corrected chi connectivity index (χ4v) is 7.04. The molecule has 8 aromatic carbocycles. The second kappa shape index (κ2) is 10.4. The molecule has 9 aromatic rings. The van der Waals surface area contributed by atoms with E-state index in [9.17, 15) is 0 Å². The lowest BCUT2D eigenvalue weighted by Crippen LogP contribution is -1.93. The van der Waals surface area contributed by atoms with Crippen molar-refractivity contribution in [3.05, 3.63) is 170 Å². The molecule has 210 valence electrons. The van der Waals surface area contributed by atoms with Crippen LogP contribution in [-0.4, -0.2) is 0 Å². The van der Waals surface area contributed by atoms with Crippen LogP contribution in [0.5, 0.6) is 0 Å².